The average molecular weight is 243 g/mol. The van der Waals surface area contributed by atoms with E-state index >= 15 is 0 Å². The Morgan fingerprint density at radius 1 is 1.06 bits per heavy atom. The molecule has 0 saturated heterocycles. The molecule has 0 spiro atoms. The molecule has 2 N–H and O–H groups in total. The Bertz CT molecular complexity index is 578. The maximum absolute atomic E-state index is 5.73. The van der Waals surface area contributed by atoms with E-state index in [1.54, 1.807) is 0 Å². The average Bonchev–Trinajstić information content (AvgIpc) is 2.31. The molecule has 0 radical (unpaired) electrons. The smallest absolute Gasteiger partial charge is 0.230 e. The van der Waals surface area contributed by atoms with Gasteiger partial charge in [0.1, 0.15) is 0 Å². The van der Waals surface area contributed by atoms with Gasteiger partial charge in [-0.15, -0.1) is 0 Å². The predicted molar refractivity (Wildman–Crippen MR) is 73.5 cm³/mol. The zero-order valence-electron chi connectivity index (χ0n) is 11.1. The number of aromatic nitrogens is 3. The van der Waals surface area contributed by atoms with E-state index in [2.05, 4.69) is 33.2 Å². The van der Waals surface area contributed by atoms with Crippen LogP contribution in [0.1, 0.15) is 11.1 Å². The molecule has 1 aromatic carbocycles. The van der Waals surface area contributed by atoms with Crippen LogP contribution in [0, 0.1) is 13.8 Å². The Kier molecular flexibility index (Phi) is 3.14. The van der Waals surface area contributed by atoms with E-state index in [1.165, 1.54) is 5.56 Å². The summed E-state index contributed by atoms with van der Waals surface area (Å²) >= 11 is 0. The predicted octanol–water partition coefficient (Wildman–Crippen LogP) is 1.80. The van der Waals surface area contributed by atoms with Crippen LogP contribution in [0.5, 0.6) is 0 Å². The molecule has 0 fully saturated rings. The molecule has 5 heteroatoms. The van der Waals surface area contributed by atoms with Crippen LogP contribution in [0.25, 0.3) is 11.4 Å². The summed E-state index contributed by atoms with van der Waals surface area (Å²) in [5.41, 5.74) is 9.02. The van der Waals surface area contributed by atoms with Gasteiger partial charge in [-0.3, -0.25) is 0 Å². The zero-order valence-corrected chi connectivity index (χ0v) is 11.1. The molecule has 94 valence electrons. The van der Waals surface area contributed by atoms with E-state index in [0.717, 1.165) is 11.1 Å². The first-order chi connectivity index (χ1) is 8.47. The highest BCUT2D eigenvalue weighted by atomic mass is 15.3. The van der Waals surface area contributed by atoms with Gasteiger partial charge in [0.2, 0.25) is 11.9 Å². The molecule has 0 aliphatic carbocycles. The van der Waals surface area contributed by atoms with Crippen LogP contribution in [-0.4, -0.2) is 29.0 Å². The monoisotopic (exact) mass is 243 g/mol. The van der Waals surface area contributed by atoms with E-state index < -0.39 is 0 Å². The Morgan fingerprint density at radius 3 is 2.44 bits per heavy atom. The summed E-state index contributed by atoms with van der Waals surface area (Å²) in [7, 11) is 3.75. The number of anilines is 2. The standard InChI is InChI=1S/C13H17N5/c1-8-5-6-9(2)10(7-8)11-15-12(14)17-13(16-11)18(3)4/h5-7H,1-4H3,(H2,14,15,16,17). The number of nitrogens with zero attached hydrogens (tertiary/aromatic N) is 4. The lowest BCUT2D eigenvalue weighted by Crippen LogP contribution is -2.15. The molecule has 0 saturated carbocycles. The lowest BCUT2D eigenvalue weighted by atomic mass is 10.1. The highest BCUT2D eigenvalue weighted by molar-refractivity contribution is 5.62. The van der Waals surface area contributed by atoms with Crippen molar-refractivity contribution in [2.45, 2.75) is 13.8 Å². The van der Waals surface area contributed by atoms with Gasteiger partial charge >= 0.3 is 0 Å². The van der Waals surface area contributed by atoms with Crippen molar-refractivity contribution in [3.63, 3.8) is 0 Å². The molecule has 0 amide bonds. The summed E-state index contributed by atoms with van der Waals surface area (Å²) < 4.78 is 0. The Balaban J connectivity index is 2.60. The zero-order chi connectivity index (χ0) is 13.3. The number of hydrogen-bond donors (Lipinski definition) is 1. The summed E-state index contributed by atoms with van der Waals surface area (Å²) in [5, 5.41) is 0. The third-order valence-electron chi connectivity index (χ3n) is 2.67. The number of benzene rings is 1. The largest absolute Gasteiger partial charge is 0.368 e. The van der Waals surface area contributed by atoms with Crippen molar-refractivity contribution in [1.29, 1.82) is 0 Å². The van der Waals surface area contributed by atoms with Crippen LogP contribution in [0.4, 0.5) is 11.9 Å². The third kappa shape index (κ3) is 2.40. The van der Waals surface area contributed by atoms with Gasteiger partial charge in [0, 0.05) is 19.7 Å². The van der Waals surface area contributed by atoms with Crippen molar-refractivity contribution in [2.75, 3.05) is 24.7 Å². The topological polar surface area (TPSA) is 67.9 Å². The molecule has 18 heavy (non-hydrogen) atoms. The highest BCUT2D eigenvalue weighted by Crippen LogP contribution is 2.22. The quantitative estimate of drug-likeness (QED) is 0.871. The molecule has 1 aromatic heterocycles. The maximum atomic E-state index is 5.73. The number of rotatable bonds is 2. The number of hydrogen-bond acceptors (Lipinski definition) is 5. The van der Waals surface area contributed by atoms with Gasteiger partial charge in [-0.25, -0.2) is 0 Å². The number of nitrogens with two attached hydrogens (primary N) is 1. The Hall–Kier alpha value is -2.17. The van der Waals surface area contributed by atoms with Gasteiger partial charge in [-0.05, 0) is 25.5 Å². The maximum Gasteiger partial charge on any atom is 0.230 e. The molecule has 0 aliphatic rings. The minimum Gasteiger partial charge on any atom is -0.368 e. The van der Waals surface area contributed by atoms with E-state index in [-0.39, 0.29) is 5.95 Å². The minimum atomic E-state index is 0.240. The lowest BCUT2D eigenvalue weighted by Gasteiger charge is -2.12. The normalized spacial score (nSPS) is 10.4. The van der Waals surface area contributed by atoms with Crippen LogP contribution >= 0.6 is 0 Å². The molecule has 1 heterocycles. The first kappa shape index (κ1) is 12.3. The minimum absolute atomic E-state index is 0.240. The fourth-order valence-corrected chi connectivity index (χ4v) is 1.68. The molecule has 5 nitrogen and oxygen atoms in total. The summed E-state index contributed by atoms with van der Waals surface area (Å²) in [6.07, 6.45) is 0. The van der Waals surface area contributed by atoms with Crippen molar-refractivity contribution < 1.29 is 0 Å². The molecular formula is C13H17N5. The molecule has 2 rings (SSSR count). The third-order valence-corrected chi connectivity index (χ3v) is 2.67. The van der Waals surface area contributed by atoms with Crippen LogP contribution < -0.4 is 10.6 Å². The molecule has 0 aliphatic heterocycles. The van der Waals surface area contributed by atoms with Crippen molar-refractivity contribution in [1.82, 2.24) is 15.0 Å². The molecule has 0 atom stereocenters. The van der Waals surface area contributed by atoms with Gasteiger partial charge in [-0.1, -0.05) is 17.7 Å². The van der Waals surface area contributed by atoms with Crippen molar-refractivity contribution in [3.05, 3.63) is 29.3 Å². The van der Waals surface area contributed by atoms with E-state index in [9.17, 15) is 0 Å². The van der Waals surface area contributed by atoms with Gasteiger partial charge in [0.25, 0.3) is 0 Å². The first-order valence-electron chi connectivity index (χ1n) is 5.74. The van der Waals surface area contributed by atoms with Gasteiger partial charge < -0.3 is 10.6 Å². The van der Waals surface area contributed by atoms with E-state index in [0.29, 0.717) is 11.8 Å². The van der Waals surface area contributed by atoms with Crippen LogP contribution in [-0.2, 0) is 0 Å². The first-order valence-corrected chi connectivity index (χ1v) is 5.74. The SMILES string of the molecule is Cc1ccc(C)c(-c2nc(N)nc(N(C)C)n2)c1. The molecule has 2 aromatic rings. The highest BCUT2D eigenvalue weighted by Gasteiger charge is 2.10. The van der Waals surface area contributed by atoms with Crippen LogP contribution in [0.15, 0.2) is 18.2 Å². The van der Waals surface area contributed by atoms with Crippen molar-refractivity contribution >= 4 is 11.9 Å². The van der Waals surface area contributed by atoms with Crippen LogP contribution in [0.2, 0.25) is 0 Å². The second-order valence-electron chi connectivity index (χ2n) is 4.53. The Morgan fingerprint density at radius 2 is 1.78 bits per heavy atom. The molecular weight excluding hydrogens is 226 g/mol. The van der Waals surface area contributed by atoms with E-state index in [4.69, 9.17) is 5.73 Å². The lowest BCUT2D eigenvalue weighted by molar-refractivity contribution is 0.969. The second-order valence-corrected chi connectivity index (χ2v) is 4.53. The Labute approximate surface area is 107 Å². The van der Waals surface area contributed by atoms with Gasteiger partial charge in [0.05, 0.1) is 0 Å². The summed E-state index contributed by atoms with van der Waals surface area (Å²) in [6, 6.07) is 6.18. The van der Waals surface area contributed by atoms with Gasteiger partial charge in [-0.2, -0.15) is 15.0 Å². The molecule has 0 bridgehead atoms. The molecule has 0 unspecified atom stereocenters. The van der Waals surface area contributed by atoms with Crippen LogP contribution in [0.3, 0.4) is 0 Å². The second kappa shape index (κ2) is 4.60. The van der Waals surface area contributed by atoms with E-state index in [1.807, 2.05) is 32.8 Å². The van der Waals surface area contributed by atoms with Crippen molar-refractivity contribution in [3.8, 4) is 11.4 Å². The number of aryl methyl sites for hydroxylation is 2. The fraction of sp³-hybridized carbons (Fsp3) is 0.308. The summed E-state index contributed by atoms with van der Waals surface area (Å²) in [4.78, 5) is 14.6. The summed E-state index contributed by atoms with van der Waals surface area (Å²) in [5.74, 6) is 1.43. The number of nitrogen functional groups attached to an aromatic ring is 1. The van der Waals surface area contributed by atoms with Gasteiger partial charge in [0.15, 0.2) is 5.82 Å². The van der Waals surface area contributed by atoms with Crippen molar-refractivity contribution in [2.24, 2.45) is 0 Å². The summed E-state index contributed by atoms with van der Waals surface area (Å²) in [6.45, 7) is 4.07. The fourth-order valence-electron chi connectivity index (χ4n) is 1.68.